The standard InChI is InChI=1S/C23H24ClF3N4O5/c1-22(2,18(32)35-3)13-31-20(33)29-19(28-16-5-4-6-17(11-16)36-23(25,26)27)30(21(31)34)12-14-7-9-15(24)10-8-14/h4-11,21,34H,12-13H2,1-3H3,(H,28,29,33). The van der Waals surface area contributed by atoms with Crippen LogP contribution in [0.3, 0.4) is 0 Å². The molecule has 2 N–H and O–H groups in total. The molecule has 3 rings (SSSR count). The van der Waals surface area contributed by atoms with E-state index in [0.717, 1.165) is 17.0 Å². The van der Waals surface area contributed by atoms with Gasteiger partial charge in [-0.15, -0.1) is 13.2 Å². The maximum absolute atomic E-state index is 12.9. The summed E-state index contributed by atoms with van der Waals surface area (Å²) in [6.45, 7) is 2.94. The highest BCUT2D eigenvalue weighted by Crippen LogP contribution is 2.28. The third-order valence-corrected chi connectivity index (χ3v) is 5.42. The third-order valence-electron chi connectivity index (χ3n) is 5.17. The predicted molar refractivity (Wildman–Crippen MR) is 124 cm³/mol. The van der Waals surface area contributed by atoms with E-state index in [0.29, 0.717) is 10.6 Å². The van der Waals surface area contributed by atoms with Gasteiger partial charge in [-0.3, -0.25) is 19.9 Å². The van der Waals surface area contributed by atoms with Gasteiger partial charge < -0.3 is 14.6 Å². The van der Waals surface area contributed by atoms with Gasteiger partial charge in [0.15, 0.2) is 0 Å². The molecule has 0 radical (unpaired) electrons. The molecule has 13 heteroatoms. The molecule has 1 fully saturated rings. The molecule has 2 aromatic carbocycles. The number of urea groups is 1. The topological polar surface area (TPSA) is 104 Å². The molecule has 194 valence electrons. The van der Waals surface area contributed by atoms with Gasteiger partial charge in [0.25, 0.3) is 0 Å². The number of guanidine groups is 1. The summed E-state index contributed by atoms with van der Waals surface area (Å²) in [4.78, 5) is 31.6. The largest absolute Gasteiger partial charge is 0.573 e. The first-order valence-electron chi connectivity index (χ1n) is 10.6. The number of methoxy groups -OCH3 is 1. The summed E-state index contributed by atoms with van der Waals surface area (Å²) in [6, 6.07) is 10.7. The molecule has 2 aromatic rings. The summed E-state index contributed by atoms with van der Waals surface area (Å²) in [5, 5.41) is 14.2. The van der Waals surface area contributed by atoms with Gasteiger partial charge in [-0.1, -0.05) is 29.8 Å². The summed E-state index contributed by atoms with van der Waals surface area (Å²) >= 11 is 5.95. The number of aliphatic hydroxyl groups excluding tert-OH is 1. The van der Waals surface area contributed by atoms with E-state index in [1.54, 1.807) is 38.1 Å². The van der Waals surface area contributed by atoms with Gasteiger partial charge in [0.05, 0.1) is 24.8 Å². The number of alkyl halides is 3. The number of carbonyl (C=O) groups is 2. The van der Waals surface area contributed by atoms with E-state index >= 15 is 0 Å². The van der Waals surface area contributed by atoms with Gasteiger partial charge in [-0.2, -0.15) is 0 Å². The number of aliphatic imine (C=N–C) groups is 1. The highest BCUT2D eigenvalue weighted by molar-refractivity contribution is 6.30. The fraction of sp³-hybridized carbons (Fsp3) is 0.348. The number of nitrogens with one attached hydrogen (secondary N) is 1. The van der Waals surface area contributed by atoms with Gasteiger partial charge in [0.2, 0.25) is 12.3 Å². The summed E-state index contributed by atoms with van der Waals surface area (Å²) in [5.74, 6) is -1.22. The van der Waals surface area contributed by atoms with E-state index in [1.165, 1.54) is 24.1 Å². The van der Waals surface area contributed by atoms with Crippen molar-refractivity contribution in [3.63, 3.8) is 0 Å². The fourth-order valence-corrected chi connectivity index (χ4v) is 3.58. The number of ether oxygens (including phenoxy) is 2. The second-order valence-corrected chi connectivity index (χ2v) is 8.95. The van der Waals surface area contributed by atoms with Crippen LogP contribution in [0.15, 0.2) is 53.5 Å². The van der Waals surface area contributed by atoms with Crippen LogP contribution < -0.4 is 10.1 Å². The Bertz CT molecular complexity index is 1140. The molecule has 9 nitrogen and oxygen atoms in total. The highest BCUT2D eigenvalue weighted by atomic mass is 35.5. The number of rotatable bonds is 7. The minimum absolute atomic E-state index is 0.0312. The number of halogens is 4. The number of nitrogens with zero attached hydrogens (tertiary/aromatic N) is 3. The summed E-state index contributed by atoms with van der Waals surface area (Å²) in [7, 11) is 1.21. The SMILES string of the molecule is COC(=O)C(C)(C)CN1C(=O)NC(=Nc2cccc(OC(F)(F)F)c2)N(Cc2ccc(Cl)cc2)C1O. The molecule has 1 saturated heterocycles. The lowest BCUT2D eigenvalue weighted by molar-refractivity contribution is -0.274. The minimum atomic E-state index is -4.89. The number of amides is 2. The first-order valence-corrected chi connectivity index (χ1v) is 11.0. The molecule has 1 atom stereocenters. The second kappa shape index (κ2) is 10.6. The van der Waals surface area contributed by atoms with Crippen molar-refractivity contribution >= 4 is 35.2 Å². The Kier molecular flexibility index (Phi) is 7.99. The molecule has 0 bridgehead atoms. The van der Waals surface area contributed by atoms with E-state index in [1.807, 2.05) is 0 Å². The van der Waals surface area contributed by atoms with E-state index in [9.17, 15) is 27.9 Å². The van der Waals surface area contributed by atoms with Crippen LogP contribution in [0, 0.1) is 5.41 Å². The molecular weight excluding hydrogens is 505 g/mol. The van der Waals surface area contributed by atoms with Gasteiger partial charge >= 0.3 is 18.4 Å². The normalized spacial score (nSPS) is 17.7. The van der Waals surface area contributed by atoms with E-state index in [4.69, 9.17) is 16.3 Å². The molecular formula is C23H24ClF3N4O5. The van der Waals surface area contributed by atoms with Crippen LogP contribution in [0.2, 0.25) is 5.02 Å². The van der Waals surface area contributed by atoms with E-state index < -0.39 is 35.9 Å². The second-order valence-electron chi connectivity index (χ2n) is 8.51. The van der Waals surface area contributed by atoms with Crippen molar-refractivity contribution in [1.82, 2.24) is 15.1 Å². The summed E-state index contributed by atoms with van der Waals surface area (Å²) < 4.78 is 46.6. The van der Waals surface area contributed by atoms with Crippen LogP contribution in [-0.4, -0.2) is 59.2 Å². The molecule has 36 heavy (non-hydrogen) atoms. The molecule has 1 unspecified atom stereocenters. The van der Waals surface area contributed by atoms with Crippen molar-refractivity contribution in [2.24, 2.45) is 10.4 Å². The van der Waals surface area contributed by atoms with Gasteiger partial charge in [-0.25, -0.2) is 9.79 Å². The Hall–Kier alpha value is -3.51. The maximum Gasteiger partial charge on any atom is 0.573 e. The molecule has 2 amide bonds. The summed E-state index contributed by atoms with van der Waals surface area (Å²) in [6.07, 6.45) is -6.47. The number of aliphatic hydroxyl groups is 1. The fourth-order valence-electron chi connectivity index (χ4n) is 3.45. The van der Waals surface area contributed by atoms with Crippen molar-refractivity contribution in [2.75, 3.05) is 13.7 Å². The van der Waals surface area contributed by atoms with Crippen molar-refractivity contribution in [3.05, 3.63) is 59.1 Å². The van der Waals surface area contributed by atoms with Gasteiger partial charge in [0, 0.05) is 17.6 Å². The third kappa shape index (κ3) is 6.79. The van der Waals surface area contributed by atoms with Gasteiger partial charge in [-0.05, 0) is 43.7 Å². The number of hydrogen-bond acceptors (Lipinski definition) is 6. The lowest BCUT2D eigenvalue weighted by atomic mass is 9.93. The zero-order valence-corrected chi connectivity index (χ0v) is 20.3. The molecule has 1 heterocycles. The molecule has 0 aliphatic carbocycles. The average Bonchev–Trinajstić information content (AvgIpc) is 2.79. The van der Waals surface area contributed by atoms with Crippen LogP contribution in [-0.2, 0) is 16.1 Å². The van der Waals surface area contributed by atoms with Crippen molar-refractivity contribution in [3.8, 4) is 5.75 Å². The molecule has 1 aliphatic heterocycles. The lowest BCUT2D eigenvalue weighted by Gasteiger charge is -2.44. The minimum Gasteiger partial charge on any atom is -0.469 e. The van der Waals surface area contributed by atoms with Crippen LogP contribution in [0.4, 0.5) is 23.7 Å². The lowest BCUT2D eigenvalue weighted by Crippen LogP contribution is -2.66. The van der Waals surface area contributed by atoms with E-state index in [2.05, 4.69) is 15.0 Å². The molecule has 0 aromatic heterocycles. The monoisotopic (exact) mass is 528 g/mol. The Labute approximate surface area is 210 Å². The Morgan fingerprint density at radius 3 is 2.44 bits per heavy atom. The Morgan fingerprint density at radius 2 is 1.83 bits per heavy atom. The molecule has 0 saturated carbocycles. The smallest absolute Gasteiger partial charge is 0.469 e. The predicted octanol–water partition coefficient (Wildman–Crippen LogP) is 4.23. The number of carbonyl (C=O) groups excluding carboxylic acids is 2. The zero-order chi connectivity index (χ0) is 26.7. The average molecular weight is 529 g/mol. The quantitative estimate of drug-likeness (QED) is 0.521. The highest BCUT2D eigenvalue weighted by Gasteiger charge is 2.42. The van der Waals surface area contributed by atoms with Crippen molar-refractivity contribution in [2.45, 2.75) is 33.1 Å². The van der Waals surface area contributed by atoms with Gasteiger partial charge in [0.1, 0.15) is 5.75 Å². The van der Waals surface area contributed by atoms with E-state index in [-0.39, 0.29) is 24.7 Å². The number of hydrogen-bond donors (Lipinski definition) is 2. The first kappa shape index (κ1) is 27.1. The van der Waals surface area contributed by atoms with Crippen LogP contribution in [0.25, 0.3) is 0 Å². The maximum atomic E-state index is 12.9. The van der Waals surface area contributed by atoms with Crippen LogP contribution in [0.5, 0.6) is 5.75 Å². The zero-order valence-electron chi connectivity index (χ0n) is 19.5. The Morgan fingerprint density at radius 1 is 1.17 bits per heavy atom. The number of benzene rings is 2. The van der Waals surface area contributed by atoms with Crippen LogP contribution in [0.1, 0.15) is 19.4 Å². The van der Waals surface area contributed by atoms with Crippen molar-refractivity contribution < 1.29 is 37.3 Å². The Balaban J connectivity index is 1.97. The van der Waals surface area contributed by atoms with Crippen molar-refractivity contribution in [1.29, 1.82) is 0 Å². The summed E-state index contributed by atoms with van der Waals surface area (Å²) in [5.41, 5.74) is -0.441. The number of esters is 1. The van der Waals surface area contributed by atoms with Crippen LogP contribution >= 0.6 is 11.6 Å². The first-order chi connectivity index (χ1) is 16.8. The molecule has 1 aliphatic rings. The molecule has 0 spiro atoms.